The summed E-state index contributed by atoms with van der Waals surface area (Å²) in [4.78, 5) is 10.7. The molecule has 0 saturated carbocycles. The highest BCUT2D eigenvalue weighted by atomic mass is 79.9. The van der Waals surface area contributed by atoms with Crippen LogP contribution in [0.1, 0.15) is 19.4 Å². The molecule has 0 fully saturated rings. The van der Waals surface area contributed by atoms with Gasteiger partial charge in [0, 0.05) is 16.6 Å². The molecule has 0 aliphatic heterocycles. The van der Waals surface area contributed by atoms with Gasteiger partial charge in [-0.05, 0) is 31.7 Å². The molecule has 4 nitrogen and oxygen atoms in total. The lowest BCUT2D eigenvalue weighted by Crippen LogP contribution is -2.24. The first kappa shape index (κ1) is 14.0. The zero-order valence-corrected chi connectivity index (χ0v) is 11.5. The average Bonchev–Trinajstić information content (AvgIpc) is 2.29. The summed E-state index contributed by atoms with van der Waals surface area (Å²) in [6.07, 6.45) is -0.850. The maximum absolute atomic E-state index is 10.7. The van der Waals surface area contributed by atoms with E-state index in [1.165, 1.54) is 6.92 Å². The number of rotatable bonds is 6. The molecular weight excluding hydrogens is 286 g/mol. The van der Waals surface area contributed by atoms with Crippen LogP contribution in [0.4, 0.5) is 0 Å². The van der Waals surface area contributed by atoms with E-state index in [-0.39, 0.29) is 0 Å². The van der Waals surface area contributed by atoms with Crippen LogP contribution in [0.15, 0.2) is 22.7 Å². The number of aliphatic carboxylic acids is 1. The van der Waals surface area contributed by atoms with Crippen molar-refractivity contribution in [3.8, 4) is 5.75 Å². The summed E-state index contributed by atoms with van der Waals surface area (Å²) in [5, 5.41) is 12.0. The first-order valence-electron chi connectivity index (χ1n) is 5.43. The van der Waals surface area contributed by atoms with Gasteiger partial charge in [-0.25, -0.2) is 4.79 Å². The SMILES string of the molecule is CCNCc1cc(Br)ccc1OC(C)C(=O)O. The molecule has 1 atom stereocenters. The first-order valence-corrected chi connectivity index (χ1v) is 6.22. The van der Waals surface area contributed by atoms with Gasteiger partial charge >= 0.3 is 5.97 Å². The fraction of sp³-hybridized carbons (Fsp3) is 0.417. The Morgan fingerprint density at radius 2 is 2.29 bits per heavy atom. The summed E-state index contributed by atoms with van der Waals surface area (Å²) < 4.78 is 6.34. The minimum atomic E-state index is -0.970. The molecule has 2 N–H and O–H groups in total. The minimum Gasteiger partial charge on any atom is -0.479 e. The Kier molecular flexibility index (Phi) is 5.44. The van der Waals surface area contributed by atoms with E-state index in [1.54, 1.807) is 6.07 Å². The van der Waals surface area contributed by atoms with Gasteiger partial charge < -0.3 is 15.2 Å². The molecule has 0 saturated heterocycles. The van der Waals surface area contributed by atoms with Gasteiger partial charge in [-0.15, -0.1) is 0 Å². The van der Waals surface area contributed by atoms with Gasteiger partial charge in [0.25, 0.3) is 0 Å². The van der Waals surface area contributed by atoms with Crippen molar-refractivity contribution >= 4 is 21.9 Å². The highest BCUT2D eigenvalue weighted by Crippen LogP contribution is 2.24. The van der Waals surface area contributed by atoms with E-state index in [1.807, 2.05) is 19.1 Å². The van der Waals surface area contributed by atoms with Gasteiger partial charge in [-0.1, -0.05) is 22.9 Å². The van der Waals surface area contributed by atoms with Crippen molar-refractivity contribution in [2.24, 2.45) is 0 Å². The van der Waals surface area contributed by atoms with Gasteiger partial charge in [0.1, 0.15) is 5.75 Å². The zero-order valence-electron chi connectivity index (χ0n) is 9.87. The molecule has 1 aromatic carbocycles. The normalized spacial score (nSPS) is 12.2. The number of nitrogens with one attached hydrogen (secondary N) is 1. The maximum atomic E-state index is 10.7. The second-order valence-electron chi connectivity index (χ2n) is 3.63. The third-order valence-corrected chi connectivity index (χ3v) is 2.73. The molecule has 0 amide bonds. The van der Waals surface area contributed by atoms with Crippen LogP contribution in [0.2, 0.25) is 0 Å². The van der Waals surface area contributed by atoms with Crippen molar-refractivity contribution in [1.29, 1.82) is 0 Å². The second-order valence-corrected chi connectivity index (χ2v) is 4.55. The molecule has 0 heterocycles. The Morgan fingerprint density at radius 1 is 1.59 bits per heavy atom. The standard InChI is InChI=1S/C12H16BrNO3/c1-3-14-7-9-6-10(13)4-5-11(9)17-8(2)12(15)16/h4-6,8,14H,3,7H2,1-2H3,(H,15,16). The van der Waals surface area contributed by atoms with E-state index in [9.17, 15) is 4.79 Å². The predicted molar refractivity (Wildman–Crippen MR) is 69.2 cm³/mol. The van der Waals surface area contributed by atoms with E-state index in [0.29, 0.717) is 12.3 Å². The van der Waals surface area contributed by atoms with Gasteiger partial charge in [0.15, 0.2) is 6.10 Å². The third kappa shape index (κ3) is 4.36. The van der Waals surface area contributed by atoms with Crippen molar-refractivity contribution in [2.45, 2.75) is 26.5 Å². The zero-order chi connectivity index (χ0) is 12.8. The molecule has 1 rings (SSSR count). The van der Waals surface area contributed by atoms with Gasteiger partial charge in [-0.3, -0.25) is 0 Å². The van der Waals surface area contributed by atoms with Crippen LogP contribution in [-0.4, -0.2) is 23.7 Å². The van der Waals surface area contributed by atoms with E-state index >= 15 is 0 Å². The fourth-order valence-corrected chi connectivity index (χ4v) is 1.71. The lowest BCUT2D eigenvalue weighted by molar-refractivity contribution is -0.144. The molecule has 0 aromatic heterocycles. The monoisotopic (exact) mass is 301 g/mol. The lowest BCUT2D eigenvalue weighted by atomic mass is 10.2. The molecule has 1 unspecified atom stereocenters. The quantitative estimate of drug-likeness (QED) is 0.847. The van der Waals surface area contributed by atoms with Crippen molar-refractivity contribution in [3.05, 3.63) is 28.2 Å². The summed E-state index contributed by atoms with van der Waals surface area (Å²) in [7, 11) is 0. The summed E-state index contributed by atoms with van der Waals surface area (Å²) in [6.45, 7) is 5.03. The van der Waals surface area contributed by atoms with Crippen LogP contribution in [-0.2, 0) is 11.3 Å². The highest BCUT2D eigenvalue weighted by molar-refractivity contribution is 9.10. The topological polar surface area (TPSA) is 58.6 Å². The average molecular weight is 302 g/mol. The fourth-order valence-electron chi connectivity index (χ4n) is 1.30. The van der Waals surface area contributed by atoms with Crippen molar-refractivity contribution in [1.82, 2.24) is 5.32 Å². The van der Waals surface area contributed by atoms with E-state index < -0.39 is 12.1 Å². The van der Waals surface area contributed by atoms with Crippen LogP contribution in [0.5, 0.6) is 5.75 Å². The van der Waals surface area contributed by atoms with E-state index in [4.69, 9.17) is 9.84 Å². The van der Waals surface area contributed by atoms with Crippen molar-refractivity contribution in [2.75, 3.05) is 6.54 Å². The summed E-state index contributed by atoms with van der Waals surface area (Å²) in [5.74, 6) is -0.369. The Bertz CT molecular complexity index is 395. The summed E-state index contributed by atoms with van der Waals surface area (Å²) in [6, 6.07) is 5.53. The van der Waals surface area contributed by atoms with E-state index in [0.717, 1.165) is 16.6 Å². The number of carboxylic acid groups (broad SMARTS) is 1. The first-order chi connectivity index (χ1) is 8.04. The number of carboxylic acids is 1. The Labute approximate surface area is 109 Å². The number of carbonyl (C=O) groups is 1. The van der Waals surface area contributed by atoms with Gasteiger partial charge in [0.2, 0.25) is 0 Å². The molecule has 0 bridgehead atoms. The minimum absolute atomic E-state index is 0.601. The van der Waals surface area contributed by atoms with Crippen LogP contribution in [0.25, 0.3) is 0 Å². The Morgan fingerprint density at radius 3 is 2.88 bits per heavy atom. The molecular formula is C12H16BrNO3. The van der Waals surface area contributed by atoms with Crippen LogP contribution in [0, 0.1) is 0 Å². The van der Waals surface area contributed by atoms with Crippen molar-refractivity contribution < 1.29 is 14.6 Å². The number of halogens is 1. The molecule has 17 heavy (non-hydrogen) atoms. The lowest BCUT2D eigenvalue weighted by Gasteiger charge is -2.15. The third-order valence-electron chi connectivity index (χ3n) is 2.24. The smallest absolute Gasteiger partial charge is 0.344 e. The number of benzene rings is 1. The van der Waals surface area contributed by atoms with Crippen LogP contribution < -0.4 is 10.1 Å². The molecule has 0 radical (unpaired) electrons. The highest BCUT2D eigenvalue weighted by Gasteiger charge is 2.14. The Balaban J connectivity index is 2.85. The molecule has 0 aliphatic rings. The number of hydrogen-bond acceptors (Lipinski definition) is 3. The molecule has 5 heteroatoms. The van der Waals surface area contributed by atoms with Gasteiger partial charge in [0.05, 0.1) is 0 Å². The van der Waals surface area contributed by atoms with E-state index in [2.05, 4.69) is 21.2 Å². The second kappa shape index (κ2) is 6.61. The van der Waals surface area contributed by atoms with Crippen LogP contribution >= 0.6 is 15.9 Å². The maximum Gasteiger partial charge on any atom is 0.344 e. The van der Waals surface area contributed by atoms with Gasteiger partial charge in [-0.2, -0.15) is 0 Å². The largest absolute Gasteiger partial charge is 0.479 e. The van der Waals surface area contributed by atoms with Crippen molar-refractivity contribution in [3.63, 3.8) is 0 Å². The molecule has 1 aromatic rings. The molecule has 0 spiro atoms. The number of hydrogen-bond donors (Lipinski definition) is 2. The summed E-state index contributed by atoms with van der Waals surface area (Å²) in [5.41, 5.74) is 0.939. The Hall–Kier alpha value is -1.07. The number of ether oxygens (including phenoxy) is 1. The molecule has 0 aliphatic carbocycles. The summed E-state index contributed by atoms with van der Waals surface area (Å²) >= 11 is 3.38. The predicted octanol–water partition coefficient (Wildman–Crippen LogP) is 2.41. The molecule has 94 valence electrons. The van der Waals surface area contributed by atoms with Crippen LogP contribution in [0.3, 0.4) is 0 Å².